The predicted octanol–water partition coefficient (Wildman–Crippen LogP) is 7.67. The van der Waals surface area contributed by atoms with Gasteiger partial charge < -0.3 is 20.1 Å². The van der Waals surface area contributed by atoms with Gasteiger partial charge in [0.25, 0.3) is 11.8 Å². The van der Waals surface area contributed by atoms with E-state index in [0.29, 0.717) is 28.3 Å². The van der Waals surface area contributed by atoms with Crippen molar-refractivity contribution in [2.45, 2.75) is 17.7 Å². The van der Waals surface area contributed by atoms with Crippen molar-refractivity contribution >= 4 is 52.6 Å². The average molecular weight is 670 g/mol. The number of anilines is 3. The van der Waals surface area contributed by atoms with Gasteiger partial charge in [0.1, 0.15) is 5.70 Å². The summed E-state index contributed by atoms with van der Waals surface area (Å²) in [5, 5.41) is 5.63. The number of carbonyl (C=O) groups excluding carboxylic acids is 3. The van der Waals surface area contributed by atoms with Crippen LogP contribution < -0.4 is 25.0 Å². The van der Waals surface area contributed by atoms with E-state index >= 15 is 0 Å². The molecule has 246 valence electrons. The number of hydrogen-bond acceptors (Lipinski definition) is 6. The molecule has 0 spiro atoms. The highest BCUT2D eigenvalue weighted by Crippen LogP contribution is 2.37. The zero-order valence-corrected chi connectivity index (χ0v) is 28.0. The van der Waals surface area contributed by atoms with Crippen molar-refractivity contribution in [3.63, 3.8) is 0 Å². The molecule has 5 aromatic carbocycles. The highest BCUT2D eigenvalue weighted by molar-refractivity contribution is 8.00. The molecule has 0 fully saturated rings. The first kappa shape index (κ1) is 33.1. The lowest BCUT2D eigenvalue weighted by molar-refractivity contribution is -0.115. The standard InChI is InChI=1S/C40H35N3O5S/c1-47-36-18-10-15-30(38(36)48-2)25-33(42-39(45)29-13-4-3-5-14-29)40(46)41-31-21-23-32(24-22-31)49-26-37(44)43-34-16-8-6-11-27(34)19-20-28-12-7-9-17-35(28)43/h3-18,21-25H,19-20,26H2,1-2H3,(H,41,46)(H,42,45)/b33-25-. The monoisotopic (exact) mass is 669 g/mol. The van der Waals surface area contributed by atoms with E-state index in [0.717, 1.165) is 40.2 Å². The van der Waals surface area contributed by atoms with E-state index in [1.165, 1.54) is 26.0 Å². The molecular formula is C40H35N3O5S. The molecular weight excluding hydrogens is 635 g/mol. The van der Waals surface area contributed by atoms with Crippen LogP contribution in [0.5, 0.6) is 11.5 Å². The van der Waals surface area contributed by atoms with E-state index in [1.54, 1.807) is 60.7 Å². The number of thioether (sulfide) groups is 1. The van der Waals surface area contributed by atoms with E-state index in [2.05, 4.69) is 22.8 Å². The maximum atomic E-state index is 13.8. The fraction of sp³-hybridized carbons (Fsp3) is 0.125. The summed E-state index contributed by atoms with van der Waals surface area (Å²) in [4.78, 5) is 43.2. The second kappa shape index (κ2) is 15.4. The lowest BCUT2D eigenvalue weighted by Crippen LogP contribution is -2.30. The fourth-order valence-corrected chi connectivity index (χ4v) is 6.46. The van der Waals surface area contributed by atoms with Crippen LogP contribution in [0, 0.1) is 0 Å². The molecule has 1 aliphatic rings. The number of amides is 3. The van der Waals surface area contributed by atoms with Crippen LogP contribution >= 0.6 is 11.8 Å². The Labute approximate surface area is 289 Å². The van der Waals surface area contributed by atoms with Gasteiger partial charge in [0.2, 0.25) is 5.91 Å². The van der Waals surface area contributed by atoms with Gasteiger partial charge in [-0.2, -0.15) is 0 Å². The lowest BCUT2D eigenvalue weighted by atomic mass is 10.0. The van der Waals surface area contributed by atoms with Crippen molar-refractivity contribution in [1.82, 2.24) is 5.32 Å². The Bertz CT molecular complexity index is 1960. The molecule has 0 saturated carbocycles. The Kier molecular flexibility index (Phi) is 10.4. The number of aryl methyl sites for hydroxylation is 2. The van der Waals surface area contributed by atoms with Crippen molar-refractivity contribution in [2.75, 3.05) is 30.2 Å². The summed E-state index contributed by atoms with van der Waals surface area (Å²) < 4.78 is 11.0. The van der Waals surface area contributed by atoms with Crippen LogP contribution in [-0.2, 0) is 22.4 Å². The van der Waals surface area contributed by atoms with Gasteiger partial charge in [-0.1, -0.05) is 66.7 Å². The molecule has 0 aromatic heterocycles. The van der Waals surface area contributed by atoms with Gasteiger partial charge in [-0.3, -0.25) is 19.3 Å². The maximum absolute atomic E-state index is 13.8. The van der Waals surface area contributed by atoms with Gasteiger partial charge in [0.15, 0.2) is 11.5 Å². The Morgan fingerprint density at radius 3 is 2.00 bits per heavy atom. The highest BCUT2D eigenvalue weighted by atomic mass is 32.2. The topological polar surface area (TPSA) is 97.0 Å². The smallest absolute Gasteiger partial charge is 0.272 e. The van der Waals surface area contributed by atoms with Gasteiger partial charge in [0, 0.05) is 21.7 Å². The van der Waals surface area contributed by atoms with E-state index in [-0.39, 0.29) is 17.4 Å². The summed E-state index contributed by atoms with van der Waals surface area (Å²) in [6.07, 6.45) is 3.29. The number of nitrogens with one attached hydrogen (secondary N) is 2. The van der Waals surface area contributed by atoms with Crippen molar-refractivity contribution in [1.29, 1.82) is 0 Å². The molecule has 0 saturated heterocycles. The fourth-order valence-electron chi connectivity index (χ4n) is 5.71. The Balaban J connectivity index is 1.18. The SMILES string of the molecule is COc1cccc(/C=C(\NC(=O)c2ccccc2)C(=O)Nc2ccc(SCC(=O)N3c4ccccc4CCc4ccccc43)cc2)c1OC. The van der Waals surface area contributed by atoms with Crippen LogP contribution in [0.2, 0.25) is 0 Å². The van der Waals surface area contributed by atoms with Gasteiger partial charge in [-0.15, -0.1) is 11.8 Å². The number of benzene rings is 5. The third-order valence-electron chi connectivity index (χ3n) is 8.11. The lowest BCUT2D eigenvalue weighted by Gasteiger charge is -2.25. The normalized spacial score (nSPS) is 12.2. The van der Waals surface area contributed by atoms with Crippen molar-refractivity contribution in [3.8, 4) is 11.5 Å². The Morgan fingerprint density at radius 1 is 0.735 bits per heavy atom. The first-order valence-electron chi connectivity index (χ1n) is 15.8. The van der Waals surface area contributed by atoms with E-state index in [9.17, 15) is 14.4 Å². The molecule has 0 radical (unpaired) electrons. The van der Waals surface area contributed by atoms with E-state index in [4.69, 9.17) is 9.47 Å². The first-order chi connectivity index (χ1) is 23.9. The van der Waals surface area contributed by atoms with Gasteiger partial charge in [-0.05, 0) is 84.6 Å². The van der Waals surface area contributed by atoms with E-state index < -0.39 is 11.8 Å². The number of ether oxygens (including phenoxy) is 2. The number of para-hydroxylation sites is 3. The quantitative estimate of drug-likeness (QED) is 0.117. The third-order valence-corrected chi connectivity index (χ3v) is 9.11. The van der Waals surface area contributed by atoms with Crippen LogP contribution in [0.15, 0.2) is 132 Å². The predicted molar refractivity (Wildman–Crippen MR) is 195 cm³/mol. The molecule has 5 aromatic rings. The molecule has 1 heterocycles. The molecule has 8 nitrogen and oxygen atoms in total. The minimum atomic E-state index is -0.525. The maximum Gasteiger partial charge on any atom is 0.272 e. The minimum Gasteiger partial charge on any atom is -0.493 e. The number of nitrogens with zero attached hydrogens (tertiary/aromatic N) is 1. The van der Waals surface area contributed by atoms with Crippen molar-refractivity contribution in [3.05, 3.63) is 149 Å². The second-order valence-corrected chi connectivity index (χ2v) is 12.3. The zero-order chi connectivity index (χ0) is 34.2. The number of carbonyl (C=O) groups is 3. The first-order valence-corrected chi connectivity index (χ1v) is 16.8. The molecule has 0 aliphatic carbocycles. The van der Waals surface area contributed by atoms with E-state index in [1.807, 2.05) is 59.5 Å². The second-order valence-electron chi connectivity index (χ2n) is 11.2. The van der Waals surface area contributed by atoms with Crippen molar-refractivity contribution < 1.29 is 23.9 Å². The number of rotatable bonds is 10. The molecule has 49 heavy (non-hydrogen) atoms. The van der Waals surface area contributed by atoms with Crippen LogP contribution in [0.25, 0.3) is 6.08 Å². The van der Waals surface area contributed by atoms with Crippen LogP contribution in [0.3, 0.4) is 0 Å². The Morgan fingerprint density at radius 2 is 1.37 bits per heavy atom. The molecule has 3 amide bonds. The summed E-state index contributed by atoms with van der Waals surface area (Å²) in [5.41, 5.74) is 5.63. The molecule has 0 atom stereocenters. The molecule has 1 aliphatic heterocycles. The van der Waals surface area contributed by atoms with Crippen LogP contribution in [0.4, 0.5) is 17.1 Å². The summed E-state index contributed by atoms with van der Waals surface area (Å²) in [6.45, 7) is 0. The average Bonchev–Trinajstić information content (AvgIpc) is 3.31. The minimum absolute atomic E-state index is 0.0129. The van der Waals surface area contributed by atoms with Gasteiger partial charge in [0.05, 0.1) is 31.3 Å². The third kappa shape index (κ3) is 7.69. The molecule has 6 rings (SSSR count). The summed E-state index contributed by atoms with van der Waals surface area (Å²) in [6, 6.07) is 37.3. The van der Waals surface area contributed by atoms with Gasteiger partial charge in [-0.25, -0.2) is 0 Å². The van der Waals surface area contributed by atoms with Crippen LogP contribution in [-0.4, -0.2) is 37.7 Å². The highest BCUT2D eigenvalue weighted by Gasteiger charge is 2.25. The zero-order valence-electron chi connectivity index (χ0n) is 27.1. The molecule has 2 N–H and O–H groups in total. The summed E-state index contributed by atoms with van der Waals surface area (Å²) >= 11 is 1.43. The van der Waals surface area contributed by atoms with Crippen molar-refractivity contribution in [2.24, 2.45) is 0 Å². The number of hydrogen-bond donors (Lipinski definition) is 2. The van der Waals surface area contributed by atoms with Crippen LogP contribution in [0.1, 0.15) is 27.0 Å². The molecule has 0 unspecified atom stereocenters. The number of fused-ring (bicyclic) bond motifs is 2. The summed E-state index contributed by atoms with van der Waals surface area (Å²) in [7, 11) is 3.04. The molecule has 9 heteroatoms. The largest absolute Gasteiger partial charge is 0.493 e. The summed E-state index contributed by atoms with van der Waals surface area (Å²) in [5.74, 6) is 0.169. The molecule has 0 bridgehead atoms. The Hall–Kier alpha value is -5.80. The number of methoxy groups -OCH3 is 2. The van der Waals surface area contributed by atoms with Gasteiger partial charge >= 0.3 is 0 Å².